The van der Waals surface area contributed by atoms with E-state index >= 15 is 0 Å². The monoisotopic (exact) mass is 262 g/mol. The predicted molar refractivity (Wildman–Crippen MR) is 78.7 cm³/mol. The van der Waals surface area contributed by atoms with Crippen molar-refractivity contribution in [3.8, 4) is 0 Å². The van der Waals surface area contributed by atoms with E-state index in [0.29, 0.717) is 11.7 Å². The fourth-order valence-corrected chi connectivity index (χ4v) is 3.29. The van der Waals surface area contributed by atoms with Crippen molar-refractivity contribution in [1.29, 1.82) is 0 Å². The zero-order valence-corrected chi connectivity index (χ0v) is 12.1. The highest BCUT2D eigenvalue weighted by Gasteiger charge is 2.28. The van der Waals surface area contributed by atoms with Crippen molar-refractivity contribution in [2.75, 3.05) is 5.73 Å². The van der Waals surface area contributed by atoms with Crippen LogP contribution in [0.3, 0.4) is 0 Å². The van der Waals surface area contributed by atoms with E-state index in [1.165, 1.54) is 25.7 Å². The molecular weight excluding hydrogens is 236 g/mol. The van der Waals surface area contributed by atoms with E-state index in [9.17, 15) is 5.11 Å². The van der Waals surface area contributed by atoms with Crippen LogP contribution < -0.4 is 5.73 Å². The van der Waals surface area contributed by atoms with Crippen molar-refractivity contribution in [2.24, 2.45) is 11.8 Å². The maximum absolute atomic E-state index is 10.5. The lowest BCUT2D eigenvalue weighted by Crippen LogP contribution is -2.21. The number of hydrogen-bond donors (Lipinski definition) is 2. The molecule has 0 aromatic carbocycles. The Kier molecular flexibility index (Phi) is 4.81. The quantitative estimate of drug-likeness (QED) is 0.871. The lowest BCUT2D eigenvalue weighted by Gasteiger charge is -2.31. The molecule has 1 aliphatic rings. The van der Waals surface area contributed by atoms with Gasteiger partial charge in [0.1, 0.15) is 5.82 Å². The van der Waals surface area contributed by atoms with Crippen LogP contribution in [0.2, 0.25) is 0 Å². The van der Waals surface area contributed by atoms with E-state index in [1.807, 2.05) is 13.0 Å². The van der Waals surface area contributed by atoms with Gasteiger partial charge in [-0.05, 0) is 43.2 Å². The Morgan fingerprint density at radius 3 is 2.68 bits per heavy atom. The highest BCUT2D eigenvalue weighted by molar-refractivity contribution is 5.42. The van der Waals surface area contributed by atoms with Gasteiger partial charge < -0.3 is 10.8 Å². The van der Waals surface area contributed by atoms with E-state index in [0.717, 1.165) is 29.9 Å². The SMILES string of the molecule is CCCC1CCC(C(O)c2cc(C)cnc2N)CC1. The van der Waals surface area contributed by atoms with Crippen molar-refractivity contribution in [1.82, 2.24) is 4.98 Å². The Morgan fingerprint density at radius 1 is 1.37 bits per heavy atom. The molecule has 0 aliphatic heterocycles. The summed E-state index contributed by atoms with van der Waals surface area (Å²) in [5.41, 5.74) is 7.78. The van der Waals surface area contributed by atoms with Crippen LogP contribution in [-0.2, 0) is 0 Å². The second-order valence-electron chi connectivity index (χ2n) is 6.00. The molecule has 0 radical (unpaired) electrons. The van der Waals surface area contributed by atoms with Gasteiger partial charge in [0, 0.05) is 11.8 Å². The average molecular weight is 262 g/mol. The molecule has 1 fully saturated rings. The minimum Gasteiger partial charge on any atom is -0.388 e. The molecule has 2 rings (SSSR count). The van der Waals surface area contributed by atoms with Crippen molar-refractivity contribution in [2.45, 2.75) is 58.5 Å². The molecule has 1 saturated carbocycles. The molecule has 1 aromatic heterocycles. The lowest BCUT2D eigenvalue weighted by molar-refractivity contribution is 0.0725. The minimum atomic E-state index is -0.449. The van der Waals surface area contributed by atoms with Gasteiger partial charge in [0.05, 0.1) is 6.10 Å². The first-order valence-electron chi connectivity index (χ1n) is 7.52. The van der Waals surface area contributed by atoms with Crippen LogP contribution in [0, 0.1) is 18.8 Å². The molecular formula is C16H26N2O. The summed E-state index contributed by atoms with van der Waals surface area (Å²) in [4.78, 5) is 4.16. The number of pyridine rings is 1. The summed E-state index contributed by atoms with van der Waals surface area (Å²) in [6.07, 6.45) is 8.62. The van der Waals surface area contributed by atoms with Crippen molar-refractivity contribution < 1.29 is 5.11 Å². The summed E-state index contributed by atoms with van der Waals surface area (Å²) in [5.74, 6) is 1.69. The fourth-order valence-electron chi connectivity index (χ4n) is 3.29. The number of nitrogens with zero attached hydrogens (tertiary/aromatic N) is 1. The third-order valence-corrected chi connectivity index (χ3v) is 4.44. The first-order valence-corrected chi connectivity index (χ1v) is 7.52. The summed E-state index contributed by atoms with van der Waals surface area (Å²) in [5, 5.41) is 10.5. The first-order chi connectivity index (χ1) is 9.11. The second kappa shape index (κ2) is 6.38. The number of hydrogen-bond acceptors (Lipinski definition) is 3. The maximum atomic E-state index is 10.5. The first kappa shape index (κ1) is 14.3. The molecule has 1 aliphatic carbocycles. The summed E-state index contributed by atoms with van der Waals surface area (Å²) >= 11 is 0. The standard InChI is InChI=1S/C16H26N2O/c1-3-4-12-5-7-13(8-6-12)15(19)14-9-11(2)10-18-16(14)17/h9-10,12-13,15,19H,3-8H2,1-2H3,(H2,17,18). The zero-order valence-electron chi connectivity index (χ0n) is 12.1. The van der Waals surface area contributed by atoms with E-state index in [-0.39, 0.29) is 0 Å². The molecule has 0 spiro atoms. The smallest absolute Gasteiger partial charge is 0.129 e. The van der Waals surface area contributed by atoms with E-state index in [4.69, 9.17) is 5.73 Å². The van der Waals surface area contributed by atoms with Gasteiger partial charge >= 0.3 is 0 Å². The Balaban J connectivity index is 2.01. The Labute approximate surface area is 116 Å². The fraction of sp³-hybridized carbons (Fsp3) is 0.688. The molecule has 0 saturated heterocycles. The van der Waals surface area contributed by atoms with Gasteiger partial charge in [-0.25, -0.2) is 4.98 Å². The van der Waals surface area contributed by atoms with E-state index in [2.05, 4.69) is 11.9 Å². The third kappa shape index (κ3) is 3.47. The van der Waals surface area contributed by atoms with Gasteiger partial charge in [0.2, 0.25) is 0 Å². The zero-order chi connectivity index (χ0) is 13.8. The van der Waals surface area contributed by atoms with Gasteiger partial charge in [-0.1, -0.05) is 32.6 Å². The molecule has 19 heavy (non-hydrogen) atoms. The van der Waals surface area contributed by atoms with Crippen LogP contribution in [-0.4, -0.2) is 10.1 Å². The Bertz CT molecular complexity index is 411. The number of aliphatic hydroxyl groups excluding tert-OH is 1. The van der Waals surface area contributed by atoms with Crippen LogP contribution in [0.25, 0.3) is 0 Å². The van der Waals surface area contributed by atoms with Gasteiger partial charge in [-0.15, -0.1) is 0 Å². The highest BCUT2D eigenvalue weighted by atomic mass is 16.3. The maximum Gasteiger partial charge on any atom is 0.129 e. The van der Waals surface area contributed by atoms with Gasteiger partial charge in [0.15, 0.2) is 0 Å². The number of anilines is 1. The topological polar surface area (TPSA) is 59.1 Å². The average Bonchev–Trinajstić information content (AvgIpc) is 2.42. The molecule has 3 nitrogen and oxygen atoms in total. The van der Waals surface area contributed by atoms with E-state index in [1.54, 1.807) is 6.20 Å². The van der Waals surface area contributed by atoms with Gasteiger partial charge in [-0.3, -0.25) is 0 Å². The van der Waals surface area contributed by atoms with Crippen molar-refractivity contribution >= 4 is 5.82 Å². The summed E-state index contributed by atoms with van der Waals surface area (Å²) in [7, 11) is 0. The minimum absolute atomic E-state index is 0.346. The highest BCUT2D eigenvalue weighted by Crippen LogP contribution is 2.39. The molecule has 1 aromatic rings. The molecule has 3 heteroatoms. The van der Waals surface area contributed by atoms with Crippen molar-refractivity contribution in [3.63, 3.8) is 0 Å². The van der Waals surface area contributed by atoms with Crippen LogP contribution in [0.5, 0.6) is 0 Å². The molecule has 3 N–H and O–H groups in total. The molecule has 0 amide bonds. The van der Waals surface area contributed by atoms with Crippen LogP contribution >= 0.6 is 0 Å². The summed E-state index contributed by atoms with van der Waals surface area (Å²) < 4.78 is 0. The number of nitrogens with two attached hydrogens (primary N) is 1. The van der Waals surface area contributed by atoms with E-state index < -0.39 is 6.10 Å². The molecule has 0 bridgehead atoms. The largest absolute Gasteiger partial charge is 0.388 e. The number of rotatable bonds is 4. The van der Waals surface area contributed by atoms with Gasteiger partial charge in [0.25, 0.3) is 0 Å². The second-order valence-corrected chi connectivity index (χ2v) is 6.00. The van der Waals surface area contributed by atoms with Crippen molar-refractivity contribution in [3.05, 3.63) is 23.4 Å². The molecule has 106 valence electrons. The Morgan fingerprint density at radius 2 is 2.05 bits per heavy atom. The number of aromatic nitrogens is 1. The molecule has 1 heterocycles. The number of nitrogen functional groups attached to an aromatic ring is 1. The van der Waals surface area contributed by atoms with Gasteiger partial charge in [-0.2, -0.15) is 0 Å². The van der Waals surface area contributed by atoms with Crippen LogP contribution in [0.1, 0.15) is 62.7 Å². The summed E-state index contributed by atoms with van der Waals surface area (Å²) in [6.45, 7) is 4.24. The number of aryl methyl sites for hydroxylation is 1. The normalized spacial score (nSPS) is 25.2. The molecule has 1 atom stereocenters. The lowest BCUT2D eigenvalue weighted by atomic mass is 9.76. The van der Waals surface area contributed by atoms with Crippen LogP contribution in [0.15, 0.2) is 12.3 Å². The predicted octanol–water partition coefficient (Wildman–Crippen LogP) is 3.61. The third-order valence-electron chi connectivity index (χ3n) is 4.44. The molecule has 1 unspecified atom stereocenters. The summed E-state index contributed by atoms with van der Waals surface area (Å²) in [6, 6.07) is 1.98. The Hall–Kier alpha value is -1.09. The van der Waals surface area contributed by atoms with Crippen LogP contribution in [0.4, 0.5) is 5.82 Å². The number of aliphatic hydroxyl groups is 1.